The second-order valence-electron chi connectivity index (χ2n) is 9.06. The van der Waals surface area contributed by atoms with E-state index in [1.54, 1.807) is 0 Å². The van der Waals surface area contributed by atoms with E-state index in [2.05, 4.69) is 68.4 Å². The standard InChI is InChI=1S/C24H30O/c1-12-10-13(2)19-20-17(6)18(11-24(7,8)9)15(4)16(5)22(20)23(25)21(19)14(12)3/h10H,11H2,1-9H3. The van der Waals surface area contributed by atoms with Gasteiger partial charge in [0.2, 0.25) is 0 Å². The third-order valence-corrected chi connectivity index (χ3v) is 5.92. The maximum atomic E-state index is 13.3. The fourth-order valence-corrected chi connectivity index (χ4v) is 4.43. The first-order valence-corrected chi connectivity index (χ1v) is 9.24. The molecule has 3 rings (SSSR count). The highest BCUT2D eigenvalue weighted by molar-refractivity contribution is 6.24. The van der Waals surface area contributed by atoms with E-state index in [4.69, 9.17) is 0 Å². The van der Waals surface area contributed by atoms with E-state index in [1.165, 1.54) is 38.9 Å². The molecule has 0 aromatic heterocycles. The Balaban J connectivity index is 2.44. The number of carbonyl (C=O) groups excluding carboxylic acids is 1. The van der Waals surface area contributed by atoms with Crippen molar-refractivity contribution < 1.29 is 4.79 Å². The number of hydrogen-bond acceptors (Lipinski definition) is 1. The van der Waals surface area contributed by atoms with Gasteiger partial charge in [-0.05, 0) is 103 Å². The first-order chi connectivity index (χ1) is 11.5. The number of fused-ring (bicyclic) bond motifs is 3. The molecule has 0 bridgehead atoms. The van der Waals surface area contributed by atoms with Crippen LogP contribution < -0.4 is 0 Å². The molecule has 0 N–H and O–H groups in total. The lowest BCUT2D eigenvalue weighted by Crippen LogP contribution is -2.14. The number of carbonyl (C=O) groups is 1. The molecule has 0 radical (unpaired) electrons. The lowest BCUT2D eigenvalue weighted by molar-refractivity contribution is 0.104. The van der Waals surface area contributed by atoms with Crippen molar-refractivity contribution in [3.8, 4) is 11.1 Å². The minimum atomic E-state index is 0.222. The Bertz CT molecular complexity index is 921. The summed E-state index contributed by atoms with van der Waals surface area (Å²) in [6.07, 6.45) is 1.03. The van der Waals surface area contributed by atoms with Crippen LogP contribution in [0.5, 0.6) is 0 Å². The summed E-state index contributed by atoms with van der Waals surface area (Å²) >= 11 is 0. The third kappa shape index (κ3) is 2.56. The molecule has 0 saturated carbocycles. The molecule has 0 amide bonds. The van der Waals surface area contributed by atoms with Gasteiger partial charge in [-0.1, -0.05) is 26.8 Å². The molecule has 0 aliphatic heterocycles. The van der Waals surface area contributed by atoms with Crippen molar-refractivity contribution >= 4 is 5.78 Å². The summed E-state index contributed by atoms with van der Waals surface area (Å²) in [5.41, 5.74) is 13.2. The predicted molar refractivity (Wildman–Crippen MR) is 107 cm³/mol. The van der Waals surface area contributed by atoms with Gasteiger partial charge in [0.25, 0.3) is 0 Å². The predicted octanol–water partition coefficient (Wildman–Crippen LogP) is 6.34. The monoisotopic (exact) mass is 334 g/mol. The van der Waals surface area contributed by atoms with Crippen molar-refractivity contribution in [2.75, 3.05) is 0 Å². The minimum Gasteiger partial charge on any atom is -0.289 e. The van der Waals surface area contributed by atoms with Gasteiger partial charge in [0.15, 0.2) is 5.78 Å². The number of benzene rings is 2. The van der Waals surface area contributed by atoms with Crippen molar-refractivity contribution in [3.05, 3.63) is 56.1 Å². The molecule has 0 heterocycles. The smallest absolute Gasteiger partial charge is 0.194 e. The second kappa shape index (κ2) is 5.56. The highest BCUT2D eigenvalue weighted by atomic mass is 16.1. The summed E-state index contributed by atoms with van der Waals surface area (Å²) < 4.78 is 0. The fourth-order valence-electron chi connectivity index (χ4n) is 4.43. The van der Waals surface area contributed by atoms with Gasteiger partial charge in [-0.2, -0.15) is 0 Å². The van der Waals surface area contributed by atoms with Crippen molar-refractivity contribution in [2.24, 2.45) is 5.41 Å². The number of aryl methyl sites for hydroxylation is 2. The van der Waals surface area contributed by atoms with E-state index in [0.29, 0.717) is 0 Å². The van der Waals surface area contributed by atoms with Crippen LogP contribution in [0.3, 0.4) is 0 Å². The molecular formula is C24H30O. The van der Waals surface area contributed by atoms with E-state index in [9.17, 15) is 4.79 Å². The fraction of sp³-hybridized carbons (Fsp3) is 0.458. The van der Waals surface area contributed by atoms with Gasteiger partial charge in [-0.3, -0.25) is 4.79 Å². The highest BCUT2D eigenvalue weighted by Crippen LogP contribution is 2.47. The van der Waals surface area contributed by atoms with Crippen molar-refractivity contribution in [1.29, 1.82) is 0 Å². The summed E-state index contributed by atoms with van der Waals surface area (Å²) in [5, 5.41) is 0. The Morgan fingerprint density at radius 1 is 0.680 bits per heavy atom. The van der Waals surface area contributed by atoms with Crippen LogP contribution in [0.15, 0.2) is 6.07 Å². The molecule has 0 unspecified atom stereocenters. The van der Waals surface area contributed by atoms with Crippen molar-refractivity contribution in [2.45, 2.75) is 68.7 Å². The van der Waals surface area contributed by atoms with Crippen LogP contribution in [0.25, 0.3) is 11.1 Å². The maximum Gasteiger partial charge on any atom is 0.194 e. The first-order valence-electron chi connectivity index (χ1n) is 9.24. The molecule has 1 heteroatoms. The van der Waals surface area contributed by atoms with Crippen LogP contribution in [0.4, 0.5) is 0 Å². The summed E-state index contributed by atoms with van der Waals surface area (Å²) in [4.78, 5) is 13.3. The lowest BCUT2D eigenvalue weighted by Gasteiger charge is -2.25. The van der Waals surface area contributed by atoms with Crippen LogP contribution in [0, 0.1) is 47.0 Å². The van der Waals surface area contributed by atoms with Crippen LogP contribution in [0.2, 0.25) is 0 Å². The highest BCUT2D eigenvalue weighted by Gasteiger charge is 2.35. The molecule has 2 aromatic rings. The van der Waals surface area contributed by atoms with Gasteiger partial charge in [0.05, 0.1) is 0 Å². The van der Waals surface area contributed by atoms with Crippen LogP contribution in [-0.4, -0.2) is 5.78 Å². The Labute approximate surface area is 152 Å². The van der Waals surface area contributed by atoms with Crippen LogP contribution in [0.1, 0.15) is 75.6 Å². The molecule has 0 spiro atoms. The molecule has 25 heavy (non-hydrogen) atoms. The molecular weight excluding hydrogens is 304 g/mol. The largest absolute Gasteiger partial charge is 0.289 e. The van der Waals surface area contributed by atoms with Gasteiger partial charge in [-0.15, -0.1) is 0 Å². The Hall–Kier alpha value is -1.89. The molecule has 0 saturated heterocycles. The molecule has 0 atom stereocenters. The number of rotatable bonds is 1. The summed E-state index contributed by atoms with van der Waals surface area (Å²) in [7, 11) is 0. The van der Waals surface area contributed by atoms with Gasteiger partial charge < -0.3 is 0 Å². The van der Waals surface area contributed by atoms with Crippen molar-refractivity contribution in [3.63, 3.8) is 0 Å². The number of hydrogen-bond donors (Lipinski definition) is 0. The van der Waals surface area contributed by atoms with E-state index in [-0.39, 0.29) is 11.2 Å². The SMILES string of the molecule is Cc1cc(C)c2c(c1C)C(=O)c1c(C)c(C)c(CC(C)(C)C)c(C)c1-2. The molecule has 0 fully saturated rings. The van der Waals surface area contributed by atoms with E-state index in [1.807, 2.05) is 0 Å². The zero-order valence-corrected chi connectivity index (χ0v) is 17.2. The van der Waals surface area contributed by atoms with Gasteiger partial charge >= 0.3 is 0 Å². The molecule has 2 aromatic carbocycles. The normalized spacial score (nSPS) is 13.2. The maximum absolute atomic E-state index is 13.3. The molecule has 1 aliphatic carbocycles. The lowest BCUT2D eigenvalue weighted by atomic mass is 9.80. The Morgan fingerprint density at radius 3 is 1.80 bits per heavy atom. The first kappa shape index (κ1) is 17.9. The zero-order valence-electron chi connectivity index (χ0n) is 17.2. The third-order valence-electron chi connectivity index (χ3n) is 5.92. The second-order valence-corrected chi connectivity index (χ2v) is 9.06. The Morgan fingerprint density at radius 2 is 1.24 bits per heavy atom. The molecule has 1 nitrogen and oxygen atoms in total. The zero-order chi connectivity index (χ0) is 18.8. The quantitative estimate of drug-likeness (QED) is 0.507. The molecule has 1 aliphatic rings. The van der Waals surface area contributed by atoms with E-state index >= 15 is 0 Å². The topological polar surface area (TPSA) is 17.1 Å². The number of ketones is 1. The van der Waals surface area contributed by atoms with Crippen LogP contribution in [-0.2, 0) is 6.42 Å². The van der Waals surface area contributed by atoms with Gasteiger partial charge in [-0.25, -0.2) is 0 Å². The summed E-state index contributed by atoms with van der Waals surface area (Å²) in [6.45, 7) is 19.7. The van der Waals surface area contributed by atoms with Crippen LogP contribution >= 0.6 is 0 Å². The van der Waals surface area contributed by atoms with E-state index < -0.39 is 0 Å². The van der Waals surface area contributed by atoms with Crippen molar-refractivity contribution in [1.82, 2.24) is 0 Å². The summed E-state index contributed by atoms with van der Waals surface area (Å²) in [6, 6.07) is 2.23. The van der Waals surface area contributed by atoms with E-state index in [0.717, 1.165) is 28.7 Å². The van der Waals surface area contributed by atoms with Gasteiger partial charge in [0, 0.05) is 11.1 Å². The Kier molecular flexibility index (Phi) is 3.98. The van der Waals surface area contributed by atoms with Gasteiger partial charge in [0.1, 0.15) is 0 Å². The summed E-state index contributed by atoms with van der Waals surface area (Å²) in [5.74, 6) is 0.223. The molecule has 132 valence electrons. The minimum absolute atomic E-state index is 0.222. The average Bonchev–Trinajstić information content (AvgIpc) is 2.80. The average molecular weight is 335 g/mol.